The fourth-order valence-electron chi connectivity index (χ4n) is 0.843. The Kier molecular flexibility index (Phi) is 2.19. The van der Waals surface area contributed by atoms with Gasteiger partial charge in [0.05, 0.1) is 0 Å². The Bertz CT molecular complexity index is 510. The number of aromatic nitrogens is 2. The van der Waals surface area contributed by atoms with Crippen molar-refractivity contribution in [2.45, 2.75) is 0 Å². The summed E-state index contributed by atoms with van der Waals surface area (Å²) in [6.07, 6.45) is -1.77. The standard InChI is InChI=1S/C6H4N2O6/c9-3-1-2(4(10)11)8(6(13)14)5(12)7-3/h1H,(H,10,11)(H,13,14)(H,7,9,12). The second-order valence-electron chi connectivity index (χ2n) is 2.25. The van der Waals surface area contributed by atoms with E-state index in [9.17, 15) is 19.2 Å². The number of nitrogens with zero attached hydrogens (tertiary/aromatic N) is 1. The first kappa shape index (κ1) is 9.71. The molecule has 3 N–H and O–H groups in total. The molecule has 0 fully saturated rings. The lowest BCUT2D eigenvalue weighted by Gasteiger charge is -2.01. The molecule has 0 saturated heterocycles. The van der Waals surface area contributed by atoms with Crippen molar-refractivity contribution in [1.82, 2.24) is 9.55 Å². The minimum Gasteiger partial charge on any atom is -0.477 e. The molecule has 1 rings (SSSR count). The van der Waals surface area contributed by atoms with Crippen LogP contribution < -0.4 is 11.2 Å². The summed E-state index contributed by atoms with van der Waals surface area (Å²) in [5.41, 5.74) is -3.17. The molecule has 0 radical (unpaired) electrons. The van der Waals surface area contributed by atoms with Gasteiger partial charge in [0, 0.05) is 6.07 Å². The third-order valence-corrected chi connectivity index (χ3v) is 1.35. The first-order chi connectivity index (χ1) is 6.43. The molecule has 0 bridgehead atoms. The van der Waals surface area contributed by atoms with E-state index in [0.29, 0.717) is 6.07 Å². The Morgan fingerprint density at radius 3 is 2.29 bits per heavy atom. The molecule has 0 aromatic carbocycles. The number of H-pyrrole nitrogens is 1. The Labute approximate surface area is 75.0 Å². The number of hydrogen-bond acceptors (Lipinski definition) is 4. The predicted molar refractivity (Wildman–Crippen MR) is 41.7 cm³/mol. The highest BCUT2D eigenvalue weighted by atomic mass is 16.4. The quantitative estimate of drug-likeness (QED) is 0.519. The normalized spacial score (nSPS) is 9.71. The van der Waals surface area contributed by atoms with Gasteiger partial charge >= 0.3 is 17.8 Å². The van der Waals surface area contributed by atoms with Gasteiger partial charge in [-0.05, 0) is 0 Å². The highest BCUT2D eigenvalue weighted by molar-refractivity contribution is 5.89. The highest BCUT2D eigenvalue weighted by Crippen LogP contribution is 1.91. The van der Waals surface area contributed by atoms with Crippen LogP contribution in [0.2, 0.25) is 0 Å². The zero-order chi connectivity index (χ0) is 10.9. The number of aromatic amines is 1. The van der Waals surface area contributed by atoms with Crippen molar-refractivity contribution in [3.63, 3.8) is 0 Å². The zero-order valence-corrected chi connectivity index (χ0v) is 6.55. The Morgan fingerprint density at radius 2 is 1.86 bits per heavy atom. The highest BCUT2D eigenvalue weighted by Gasteiger charge is 2.17. The van der Waals surface area contributed by atoms with Crippen LogP contribution in [0.25, 0.3) is 0 Å². The van der Waals surface area contributed by atoms with Crippen LogP contribution in [0.4, 0.5) is 4.79 Å². The Balaban J connectivity index is 3.70. The molecule has 0 saturated carbocycles. The van der Waals surface area contributed by atoms with Crippen molar-refractivity contribution < 1.29 is 19.8 Å². The zero-order valence-electron chi connectivity index (χ0n) is 6.55. The van der Waals surface area contributed by atoms with E-state index in [2.05, 4.69) is 0 Å². The van der Waals surface area contributed by atoms with Crippen molar-refractivity contribution in [1.29, 1.82) is 0 Å². The second-order valence-corrected chi connectivity index (χ2v) is 2.25. The molecule has 0 spiro atoms. The van der Waals surface area contributed by atoms with E-state index in [1.165, 1.54) is 0 Å². The van der Waals surface area contributed by atoms with E-state index in [4.69, 9.17) is 10.2 Å². The van der Waals surface area contributed by atoms with Crippen molar-refractivity contribution in [2.75, 3.05) is 0 Å². The number of carboxylic acids is 1. The Hall–Kier alpha value is -2.38. The molecule has 0 amide bonds. The van der Waals surface area contributed by atoms with Gasteiger partial charge in [-0.1, -0.05) is 0 Å². The van der Waals surface area contributed by atoms with E-state index in [-0.39, 0.29) is 4.57 Å². The molecule has 14 heavy (non-hydrogen) atoms. The number of aromatic carboxylic acids is 1. The molecule has 0 unspecified atom stereocenters. The summed E-state index contributed by atoms with van der Waals surface area (Å²) in [5, 5.41) is 17.0. The molecule has 0 aliphatic carbocycles. The van der Waals surface area contributed by atoms with Crippen molar-refractivity contribution in [3.05, 3.63) is 32.6 Å². The van der Waals surface area contributed by atoms with Crippen LogP contribution in [-0.2, 0) is 0 Å². The van der Waals surface area contributed by atoms with E-state index in [1.807, 2.05) is 0 Å². The van der Waals surface area contributed by atoms with E-state index >= 15 is 0 Å². The second kappa shape index (κ2) is 3.17. The topological polar surface area (TPSA) is 129 Å². The van der Waals surface area contributed by atoms with Gasteiger partial charge < -0.3 is 10.2 Å². The van der Waals surface area contributed by atoms with Crippen LogP contribution in [0.3, 0.4) is 0 Å². The summed E-state index contributed by atoms with van der Waals surface area (Å²) in [6.45, 7) is 0. The number of rotatable bonds is 1. The maximum atomic E-state index is 10.9. The van der Waals surface area contributed by atoms with Crippen LogP contribution in [0, 0.1) is 0 Å². The largest absolute Gasteiger partial charge is 0.477 e. The first-order valence-corrected chi connectivity index (χ1v) is 3.26. The molecule has 1 aromatic heterocycles. The van der Waals surface area contributed by atoms with E-state index in [0.717, 1.165) is 0 Å². The number of nitrogens with one attached hydrogen (secondary N) is 1. The first-order valence-electron chi connectivity index (χ1n) is 3.26. The number of hydrogen-bond donors (Lipinski definition) is 3. The maximum Gasteiger partial charge on any atom is 0.420 e. The average molecular weight is 200 g/mol. The van der Waals surface area contributed by atoms with Gasteiger partial charge in [-0.2, -0.15) is 4.57 Å². The van der Waals surface area contributed by atoms with Crippen molar-refractivity contribution in [3.8, 4) is 0 Å². The molecule has 74 valence electrons. The van der Waals surface area contributed by atoms with Crippen molar-refractivity contribution in [2.24, 2.45) is 0 Å². The van der Waals surface area contributed by atoms with Gasteiger partial charge in [-0.15, -0.1) is 0 Å². The third kappa shape index (κ3) is 1.53. The van der Waals surface area contributed by atoms with Gasteiger partial charge in [0.2, 0.25) is 0 Å². The van der Waals surface area contributed by atoms with Gasteiger partial charge in [0.1, 0.15) is 5.69 Å². The molecule has 1 aromatic rings. The molecule has 0 aliphatic heterocycles. The molecular weight excluding hydrogens is 196 g/mol. The summed E-state index contributed by atoms with van der Waals surface area (Å²) in [5.74, 6) is -1.67. The van der Waals surface area contributed by atoms with Gasteiger partial charge in [-0.3, -0.25) is 9.78 Å². The van der Waals surface area contributed by atoms with Crippen LogP contribution in [0.5, 0.6) is 0 Å². The monoisotopic (exact) mass is 200 g/mol. The SMILES string of the molecule is O=C(O)c1cc(=O)[nH]c(=O)n1C(=O)O. The molecule has 8 heteroatoms. The fraction of sp³-hybridized carbons (Fsp3) is 0. The minimum absolute atomic E-state index is 0.0657. The summed E-state index contributed by atoms with van der Waals surface area (Å²) >= 11 is 0. The van der Waals surface area contributed by atoms with Crippen LogP contribution in [0.1, 0.15) is 10.5 Å². The molecule has 8 nitrogen and oxygen atoms in total. The summed E-state index contributed by atoms with van der Waals surface area (Å²) in [6, 6.07) is 0.512. The number of carbonyl (C=O) groups is 2. The smallest absolute Gasteiger partial charge is 0.420 e. The fourth-order valence-corrected chi connectivity index (χ4v) is 0.843. The van der Waals surface area contributed by atoms with Gasteiger partial charge in [0.15, 0.2) is 0 Å². The Morgan fingerprint density at radius 1 is 1.29 bits per heavy atom. The predicted octanol–water partition coefficient (Wildman–Crippen LogP) is -1.24. The van der Waals surface area contributed by atoms with Gasteiger partial charge in [-0.25, -0.2) is 14.4 Å². The maximum absolute atomic E-state index is 10.9. The summed E-state index contributed by atoms with van der Waals surface area (Å²) in [4.78, 5) is 44.0. The molecule has 1 heterocycles. The minimum atomic E-state index is -1.77. The lowest BCUT2D eigenvalue weighted by Crippen LogP contribution is -2.37. The molecule has 0 atom stereocenters. The van der Waals surface area contributed by atoms with Crippen LogP contribution in [-0.4, -0.2) is 31.8 Å². The lowest BCUT2D eigenvalue weighted by molar-refractivity contribution is 0.0681. The average Bonchev–Trinajstić information content (AvgIpc) is 2.01. The third-order valence-electron chi connectivity index (χ3n) is 1.35. The van der Waals surface area contributed by atoms with E-state index < -0.39 is 29.0 Å². The van der Waals surface area contributed by atoms with Crippen LogP contribution >= 0.6 is 0 Å². The molecular formula is C6H4N2O6. The van der Waals surface area contributed by atoms with Gasteiger partial charge in [0.25, 0.3) is 5.56 Å². The summed E-state index contributed by atoms with van der Waals surface area (Å²) in [7, 11) is 0. The number of carboxylic acid groups (broad SMARTS) is 2. The summed E-state index contributed by atoms with van der Waals surface area (Å²) < 4.78 is -0.0657. The molecule has 0 aliphatic rings. The lowest BCUT2D eigenvalue weighted by atomic mass is 10.4. The van der Waals surface area contributed by atoms with Crippen molar-refractivity contribution >= 4 is 12.1 Å². The van der Waals surface area contributed by atoms with Crippen LogP contribution in [0.15, 0.2) is 15.7 Å². The van der Waals surface area contributed by atoms with E-state index in [1.54, 1.807) is 4.98 Å².